The minimum atomic E-state index is -4.72. The van der Waals surface area contributed by atoms with Crippen molar-refractivity contribution < 1.29 is 22.4 Å². The molecule has 154 valence electrons. The second-order valence-electron chi connectivity index (χ2n) is 5.93. The van der Waals surface area contributed by atoms with Crippen molar-refractivity contribution in [1.29, 1.82) is 0 Å². The van der Waals surface area contributed by atoms with Crippen LogP contribution in [0.1, 0.15) is 10.4 Å². The quantitative estimate of drug-likeness (QED) is 0.376. The first kappa shape index (κ1) is 20.7. The number of carbonyl (C=O) groups excluding carboxylic acids is 1. The summed E-state index contributed by atoms with van der Waals surface area (Å²) in [6, 6.07) is 3.44. The van der Waals surface area contributed by atoms with Crippen molar-refractivity contribution in [2.45, 2.75) is 6.18 Å². The average Bonchev–Trinajstić information content (AvgIpc) is 3.12. The topological polar surface area (TPSA) is 97.7 Å². The normalized spacial score (nSPS) is 12.5. The fourth-order valence-electron chi connectivity index (χ4n) is 2.60. The summed E-state index contributed by atoms with van der Waals surface area (Å²) in [6.07, 6.45) is 1.68. The number of rotatable bonds is 5. The van der Waals surface area contributed by atoms with Gasteiger partial charge in [-0.25, -0.2) is 14.4 Å². The molecule has 3 rings (SSSR count). The number of imidazole rings is 1. The fraction of sp³-hybridized carbons (Fsp3) is 0.0526. The zero-order chi connectivity index (χ0) is 21.9. The number of nitrogens with two attached hydrogens (primary N) is 1. The number of nitrogens with zero attached hydrogens (tertiary/aromatic N) is 4. The van der Waals surface area contributed by atoms with Crippen molar-refractivity contribution in [3.05, 3.63) is 72.3 Å². The lowest BCUT2D eigenvalue weighted by Gasteiger charge is -2.09. The van der Waals surface area contributed by atoms with E-state index in [4.69, 9.17) is 5.73 Å². The van der Waals surface area contributed by atoms with Crippen LogP contribution >= 0.6 is 0 Å². The number of amides is 1. The summed E-state index contributed by atoms with van der Waals surface area (Å²) in [5.74, 6) is -1.60. The van der Waals surface area contributed by atoms with Gasteiger partial charge in [-0.1, -0.05) is 0 Å². The van der Waals surface area contributed by atoms with Crippen LogP contribution in [-0.4, -0.2) is 33.2 Å². The minimum Gasteiger partial charge on any atom is -0.382 e. The number of halogens is 4. The predicted molar refractivity (Wildman–Crippen MR) is 103 cm³/mol. The molecule has 0 atom stereocenters. The van der Waals surface area contributed by atoms with Gasteiger partial charge in [0.1, 0.15) is 29.2 Å². The molecule has 0 unspecified atom stereocenters. The van der Waals surface area contributed by atoms with E-state index in [-0.39, 0.29) is 22.6 Å². The van der Waals surface area contributed by atoms with Gasteiger partial charge in [0.15, 0.2) is 0 Å². The number of carbonyl (C=O) groups is 1. The molecule has 0 spiro atoms. The maximum atomic E-state index is 14.7. The minimum absolute atomic E-state index is 0.0558. The Morgan fingerprint density at radius 1 is 1.30 bits per heavy atom. The number of hydrogen-bond acceptors (Lipinski definition) is 5. The van der Waals surface area contributed by atoms with Gasteiger partial charge in [-0.05, 0) is 31.0 Å². The Bertz CT molecular complexity index is 1180. The number of allylic oxidation sites excluding steroid dienone is 2. The fourth-order valence-corrected chi connectivity index (χ4v) is 2.60. The van der Waals surface area contributed by atoms with Gasteiger partial charge in [-0.15, -0.1) is 0 Å². The first-order valence-corrected chi connectivity index (χ1v) is 8.30. The van der Waals surface area contributed by atoms with Crippen LogP contribution in [0.15, 0.2) is 66.0 Å². The van der Waals surface area contributed by atoms with Crippen LogP contribution in [0.25, 0.3) is 16.8 Å². The molecule has 7 nitrogen and oxygen atoms in total. The lowest BCUT2D eigenvalue weighted by molar-refractivity contribution is -0.0885. The Morgan fingerprint density at radius 2 is 2.07 bits per heavy atom. The van der Waals surface area contributed by atoms with E-state index in [9.17, 15) is 22.4 Å². The Labute approximate surface area is 167 Å². The van der Waals surface area contributed by atoms with Crippen molar-refractivity contribution in [3.63, 3.8) is 0 Å². The van der Waals surface area contributed by atoms with Crippen LogP contribution < -0.4 is 11.1 Å². The molecule has 2 heterocycles. The second kappa shape index (κ2) is 8.15. The van der Waals surface area contributed by atoms with Gasteiger partial charge in [0.05, 0.1) is 5.57 Å². The van der Waals surface area contributed by atoms with E-state index in [0.717, 1.165) is 12.3 Å². The SMILES string of the molecule is C=N/C=C\C(=C/NC(=O)c1ccc(-c2ncn3ccnc(N)c23)c(F)c1)C(F)(F)F. The number of aliphatic imine (C=N–C) groups is 1. The summed E-state index contributed by atoms with van der Waals surface area (Å²) in [6.45, 7) is 3.04. The highest BCUT2D eigenvalue weighted by Gasteiger charge is 2.32. The third kappa shape index (κ3) is 4.19. The van der Waals surface area contributed by atoms with Crippen LogP contribution in [0.3, 0.4) is 0 Å². The molecule has 1 amide bonds. The van der Waals surface area contributed by atoms with E-state index in [2.05, 4.69) is 21.7 Å². The van der Waals surface area contributed by atoms with Gasteiger partial charge in [-0.3, -0.25) is 9.79 Å². The van der Waals surface area contributed by atoms with E-state index in [1.807, 2.05) is 5.32 Å². The third-order valence-corrected chi connectivity index (χ3v) is 4.01. The molecule has 0 bridgehead atoms. The van der Waals surface area contributed by atoms with Crippen LogP contribution in [-0.2, 0) is 0 Å². The standard InChI is InChI=1S/C19H14F4N6O/c1-25-5-4-12(19(21,22)23)9-27-18(30)11-2-3-13(14(20)8-11)15-16-17(24)26-6-7-29(16)10-28-15/h2-10H,1H2,(H2,24,26)(H,27,30)/b5-4-,12-9+. The lowest BCUT2D eigenvalue weighted by atomic mass is 10.1. The van der Waals surface area contributed by atoms with Crippen molar-refractivity contribution in [2.24, 2.45) is 4.99 Å². The van der Waals surface area contributed by atoms with Gasteiger partial charge in [0, 0.05) is 35.9 Å². The predicted octanol–water partition coefficient (Wildman–Crippen LogP) is 3.51. The van der Waals surface area contributed by atoms with Crippen molar-refractivity contribution in [3.8, 4) is 11.3 Å². The zero-order valence-corrected chi connectivity index (χ0v) is 15.2. The molecule has 0 aliphatic carbocycles. The number of hydrogen-bond donors (Lipinski definition) is 2. The molecule has 2 aromatic heterocycles. The Kier molecular flexibility index (Phi) is 5.63. The molecule has 11 heteroatoms. The summed E-state index contributed by atoms with van der Waals surface area (Å²) in [5.41, 5.74) is 5.14. The van der Waals surface area contributed by atoms with Gasteiger partial charge in [-0.2, -0.15) is 13.2 Å². The highest BCUT2D eigenvalue weighted by atomic mass is 19.4. The molecule has 0 saturated carbocycles. The Balaban J connectivity index is 1.89. The molecule has 3 N–H and O–H groups in total. The van der Waals surface area contributed by atoms with Gasteiger partial charge >= 0.3 is 6.18 Å². The number of nitrogens with one attached hydrogen (secondary N) is 1. The smallest absolute Gasteiger partial charge is 0.382 e. The first-order chi connectivity index (χ1) is 14.2. The molecule has 0 fully saturated rings. The summed E-state index contributed by atoms with van der Waals surface area (Å²) < 4.78 is 55.0. The maximum absolute atomic E-state index is 14.7. The molecule has 0 aliphatic rings. The lowest BCUT2D eigenvalue weighted by Crippen LogP contribution is -2.21. The van der Waals surface area contributed by atoms with Crippen LogP contribution in [0.4, 0.5) is 23.4 Å². The largest absolute Gasteiger partial charge is 0.417 e. The highest BCUT2D eigenvalue weighted by molar-refractivity contribution is 5.96. The van der Waals surface area contributed by atoms with Crippen LogP contribution in [0, 0.1) is 5.82 Å². The van der Waals surface area contributed by atoms with Gasteiger partial charge in [0.25, 0.3) is 5.91 Å². The van der Waals surface area contributed by atoms with E-state index < -0.39 is 23.5 Å². The summed E-state index contributed by atoms with van der Waals surface area (Å²) in [5, 5.41) is 1.98. The van der Waals surface area contributed by atoms with Crippen molar-refractivity contribution in [2.75, 3.05) is 5.73 Å². The second-order valence-corrected chi connectivity index (χ2v) is 5.93. The third-order valence-electron chi connectivity index (χ3n) is 4.01. The van der Waals surface area contributed by atoms with Gasteiger partial charge < -0.3 is 15.5 Å². The van der Waals surface area contributed by atoms with E-state index in [1.165, 1.54) is 24.7 Å². The maximum Gasteiger partial charge on any atom is 0.417 e. The Hall–Kier alpha value is -4.02. The van der Waals surface area contributed by atoms with E-state index in [0.29, 0.717) is 17.8 Å². The molecule has 0 aliphatic heterocycles. The molecule has 1 aromatic carbocycles. The number of nitrogen functional groups attached to an aromatic ring is 1. The summed E-state index contributed by atoms with van der Waals surface area (Å²) in [7, 11) is 0. The van der Waals surface area contributed by atoms with Gasteiger partial charge in [0.2, 0.25) is 0 Å². The molecule has 3 aromatic rings. The Morgan fingerprint density at radius 3 is 2.73 bits per heavy atom. The first-order valence-electron chi connectivity index (χ1n) is 8.30. The van der Waals surface area contributed by atoms with E-state index >= 15 is 0 Å². The van der Waals surface area contributed by atoms with Crippen molar-refractivity contribution in [1.82, 2.24) is 19.7 Å². The molecule has 30 heavy (non-hydrogen) atoms. The highest BCUT2D eigenvalue weighted by Crippen LogP contribution is 2.29. The van der Waals surface area contributed by atoms with E-state index in [1.54, 1.807) is 10.6 Å². The number of aromatic nitrogens is 3. The number of benzene rings is 1. The monoisotopic (exact) mass is 418 g/mol. The summed E-state index contributed by atoms with van der Waals surface area (Å²) in [4.78, 5) is 23.4. The molecular weight excluding hydrogens is 404 g/mol. The average molecular weight is 418 g/mol. The number of anilines is 1. The molecule has 0 radical (unpaired) electrons. The number of alkyl halides is 3. The molecule has 0 saturated heterocycles. The van der Waals surface area contributed by atoms with Crippen molar-refractivity contribution >= 4 is 24.0 Å². The van der Waals surface area contributed by atoms with Crippen LogP contribution in [0.5, 0.6) is 0 Å². The molecular formula is C19H14F4N6O. The number of fused-ring (bicyclic) bond motifs is 1. The zero-order valence-electron chi connectivity index (χ0n) is 15.2. The summed E-state index contributed by atoms with van der Waals surface area (Å²) >= 11 is 0. The van der Waals surface area contributed by atoms with Crippen LogP contribution in [0.2, 0.25) is 0 Å².